The zero-order valence-electron chi connectivity index (χ0n) is 11.1. The Morgan fingerprint density at radius 1 is 1.42 bits per heavy atom. The van der Waals surface area contributed by atoms with Gasteiger partial charge in [0, 0.05) is 0 Å². The van der Waals surface area contributed by atoms with E-state index in [0.717, 1.165) is 0 Å². The molecule has 3 N–H and O–H groups in total. The summed E-state index contributed by atoms with van der Waals surface area (Å²) in [7, 11) is 0. The first-order valence-corrected chi connectivity index (χ1v) is 5.98. The van der Waals surface area contributed by atoms with Crippen molar-refractivity contribution in [3.8, 4) is 0 Å². The molecule has 0 fully saturated rings. The second-order valence-electron chi connectivity index (χ2n) is 4.29. The first kappa shape index (κ1) is 14.9. The number of aromatic nitrogens is 2. The van der Waals surface area contributed by atoms with Crippen LogP contribution in [0.25, 0.3) is 0 Å². The smallest absolute Gasteiger partial charge is 0.326 e. The highest BCUT2D eigenvalue weighted by Gasteiger charge is 2.23. The van der Waals surface area contributed by atoms with Gasteiger partial charge in [0.05, 0.1) is 5.69 Å². The minimum atomic E-state index is -1.12. The third-order valence-electron chi connectivity index (χ3n) is 2.88. The number of carboxylic acid groups (broad SMARTS) is 1. The molecule has 0 aromatic carbocycles. The van der Waals surface area contributed by atoms with Gasteiger partial charge >= 0.3 is 5.97 Å². The van der Waals surface area contributed by atoms with E-state index in [-0.39, 0.29) is 5.56 Å². The Labute approximate surface area is 110 Å². The van der Waals surface area contributed by atoms with Crippen molar-refractivity contribution in [2.24, 2.45) is 0 Å². The van der Waals surface area contributed by atoms with E-state index < -0.39 is 23.5 Å². The van der Waals surface area contributed by atoms with Crippen molar-refractivity contribution in [3.63, 3.8) is 0 Å². The number of carboxylic acids is 1. The van der Waals surface area contributed by atoms with Crippen molar-refractivity contribution in [2.75, 3.05) is 0 Å². The van der Waals surface area contributed by atoms with Crippen LogP contribution in [0.2, 0.25) is 0 Å². The van der Waals surface area contributed by atoms with Gasteiger partial charge in [-0.25, -0.2) is 9.89 Å². The number of amides is 1. The summed E-state index contributed by atoms with van der Waals surface area (Å²) in [4.78, 5) is 34.6. The Kier molecular flexibility index (Phi) is 4.80. The molecule has 0 bridgehead atoms. The molecule has 1 heterocycles. The van der Waals surface area contributed by atoms with Crippen LogP contribution in [0.15, 0.2) is 4.79 Å². The standard InChI is InChI=1S/C12H17N3O4/c1-4-5-8(12(18)19)13-10(16)9-6(2)7(3)14-15-11(9)17/h8H,4-5H2,1-3H3,(H,13,16)(H,15,17)(H,18,19)/t8-/m1/s1. The largest absolute Gasteiger partial charge is 0.480 e. The second kappa shape index (κ2) is 6.12. The molecule has 7 nitrogen and oxygen atoms in total. The lowest BCUT2D eigenvalue weighted by Crippen LogP contribution is -2.43. The fourth-order valence-electron chi connectivity index (χ4n) is 1.68. The van der Waals surface area contributed by atoms with Gasteiger partial charge in [-0.3, -0.25) is 9.59 Å². The Balaban J connectivity index is 3.04. The molecule has 0 aliphatic rings. The van der Waals surface area contributed by atoms with Gasteiger partial charge in [-0.2, -0.15) is 5.10 Å². The third-order valence-corrected chi connectivity index (χ3v) is 2.88. The lowest BCUT2D eigenvalue weighted by Gasteiger charge is -2.14. The maximum atomic E-state index is 12.0. The molecule has 0 aliphatic carbocycles. The molecule has 0 unspecified atom stereocenters. The molecular formula is C12H17N3O4. The van der Waals surface area contributed by atoms with E-state index in [1.165, 1.54) is 0 Å². The molecule has 0 radical (unpaired) electrons. The minimum absolute atomic E-state index is 0.0881. The van der Waals surface area contributed by atoms with E-state index in [4.69, 9.17) is 5.11 Å². The number of nitrogens with zero attached hydrogens (tertiary/aromatic N) is 1. The maximum absolute atomic E-state index is 12.0. The molecule has 1 rings (SSSR count). The van der Waals surface area contributed by atoms with Crippen LogP contribution in [0.5, 0.6) is 0 Å². The predicted octanol–water partition coefficient (Wildman–Crippen LogP) is 0.370. The first-order valence-electron chi connectivity index (χ1n) is 5.98. The molecule has 0 aliphatic heterocycles. The van der Waals surface area contributed by atoms with E-state index in [1.807, 2.05) is 6.92 Å². The van der Waals surface area contributed by atoms with Gasteiger partial charge in [-0.05, 0) is 25.8 Å². The highest BCUT2D eigenvalue weighted by Crippen LogP contribution is 2.06. The molecule has 104 valence electrons. The third kappa shape index (κ3) is 3.40. The Bertz CT molecular complexity index is 550. The van der Waals surface area contributed by atoms with Gasteiger partial charge < -0.3 is 10.4 Å². The number of aryl methyl sites for hydroxylation is 1. The summed E-state index contributed by atoms with van der Waals surface area (Å²) in [5.74, 6) is -1.81. The molecule has 0 saturated heterocycles. The summed E-state index contributed by atoms with van der Waals surface area (Å²) in [6.07, 6.45) is 0.921. The number of rotatable bonds is 5. The Morgan fingerprint density at radius 3 is 2.58 bits per heavy atom. The molecule has 1 aromatic rings. The van der Waals surface area contributed by atoms with Crippen LogP contribution in [0.4, 0.5) is 0 Å². The molecule has 0 spiro atoms. The Hall–Kier alpha value is -2.18. The average molecular weight is 267 g/mol. The average Bonchev–Trinajstić information content (AvgIpc) is 2.33. The van der Waals surface area contributed by atoms with E-state index >= 15 is 0 Å². The molecule has 19 heavy (non-hydrogen) atoms. The van der Waals surface area contributed by atoms with Crippen LogP contribution >= 0.6 is 0 Å². The Morgan fingerprint density at radius 2 is 2.05 bits per heavy atom. The van der Waals surface area contributed by atoms with Crippen molar-refractivity contribution in [2.45, 2.75) is 39.7 Å². The van der Waals surface area contributed by atoms with Crippen molar-refractivity contribution < 1.29 is 14.7 Å². The quantitative estimate of drug-likeness (QED) is 0.713. The summed E-state index contributed by atoms with van der Waals surface area (Å²) in [5.41, 5.74) is 0.255. The van der Waals surface area contributed by atoms with Crippen molar-refractivity contribution in [3.05, 3.63) is 27.2 Å². The number of aliphatic carboxylic acids is 1. The SMILES string of the molecule is CCC[C@@H](NC(=O)c1c(C)c(C)n[nH]c1=O)C(=O)O. The fraction of sp³-hybridized carbons (Fsp3) is 0.500. The van der Waals surface area contributed by atoms with Crippen molar-refractivity contribution >= 4 is 11.9 Å². The number of H-pyrrole nitrogens is 1. The summed E-state index contributed by atoms with van der Waals surface area (Å²) in [6.45, 7) is 5.07. The highest BCUT2D eigenvalue weighted by molar-refractivity contribution is 5.97. The number of hydrogen-bond donors (Lipinski definition) is 3. The molecular weight excluding hydrogens is 250 g/mol. The number of aromatic amines is 1. The lowest BCUT2D eigenvalue weighted by atomic mass is 10.1. The van der Waals surface area contributed by atoms with Crippen molar-refractivity contribution in [1.29, 1.82) is 0 Å². The summed E-state index contributed by atoms with van der Waals surface area (Å²) in [5, 5.41) is 17.3. The lowest BCUT2D eigenvalue weighted by molar-refractivity contribution is -0.139. The van der Waals surface area contributed by atoms with Crippen LogP contribution in [-0.2, 0) is 4.79 Å². The topological polar surface area (TPSA) is 112 Å². The van der Waals surface area contributed by atoms with Crippen LogP contribution < -0.4 is 10.9 Å². The van der Waals surface area contributed by atoms with Gasteiger partial charge in [-0.15, -0.1) is 0 Å². The number of hydrogen-bond acceptors (Lipinski definition) is 4. The van der Waals surface area contributed by atoms with Crippen LogP contribution in [0, 0.1) is 13.8 Å². The van der Waals surface area contributed by atoms with Gasteiger partial charge in [0.1, 0.15) is 11.6 Å². The zero-order chi connectivity index (χ0) is 14.6. The summed E-state index contributed by atoms with van der Waals surface area (Å²) in [6, 6.07) is -0.996. The van der Waals surface area contributed by atoms with E-state index in [2.05, 4.69) is 15.5 Å². The molecule has 1 atom stereocenters. The van der Waals surface area contributed by atoms with Gasteiger partial charge in [-0.1, -0.05) is 13.3 Å². The first-order chi connectivity index (χ1) is 8.88. The van der Waals surface area contributed by atoms with Gasteiger partial charge in [0.2, 0.25) is 0 Å². The monoisotopic (exact) mass is 267 g/mol. The van der Waals surface area contributed by atoms with Crippen LogP contribution in [-0.4, -0.2) is 33.2 Å². The fourth-order valence-corrected chi connectivity index (χ4v) is 1.68. The normalized spacial score (nSPS) is 11.9. The highest BCUT2D eigenvalue weighted by atomic mass is 16.4. The molecule has 7 heteroatoms. The summed E-state index contributed by atoms with van der Waals surface area (Å²) < 4.78 is 0. The van der Waals surface area contributed by atoms with E-state index in [9.17, 15) is 14.4 Å². The van der Waals surface area contributed by atoms with E-state index in [0.29, 0.717) is 24.1 Å². The van der Waals surface area contributed by atoms with Crippen LogP contribution in [0.3, 0.4) is 0 Å². The number of nitrogens with one attached hydrogen (secondary N) is 2. The van der Waals surface area contributed by atoms with Crippen molar-refractivity contribution in [1.82, 2.24) is 15.5 Å². The molecule has 1 aromatic heterocycles. The second-order valence-corrected chi connectivity index (χ2v) is 4.29. The summed E-state index contributed by atoms with van der Waals surface area (Å²) >= 11 is 0. The van der Waals surface area contributed by atoms with Gasteiger partial charge in [0.25, 0.3) is 11.5 Å². The molecule has 0 saturated carbocycles. The van der Waals surface area contributed by atoms with Gasteiger partial charge in [0.15, 0.2) is 0 Å². The zero-order valence-corrected chi connectivity index (χ0v) is 11.1. The number of carbonyl (C=O) groups excluding carboxylic acids is 1. The van der Waals surface area contributed by atoms with E-state index in [1.54, 1.807) is 13.8 Å². The molecule has 1 amide bonds. The maximum Gasteiger partial charge on any atom is 0.326 e. The minimum Gasteiger partial charge on any atom is -0.480 e. The van der Waals surface area contributed by atoms with Crippen LogP contribution in [0.1, 0.15) is 41.4 Å². The number of carbonyl (C=O) groups is 2. The predicted molar refractivity (Wildman–Crippen MR) is 68.1 cm³/mol.